The number of pyridine rings is 1. The zero-order valence-corrected chi connectivity index (χ0v) is 16.5. The molecule has 1 saturated carbocycles. The Kier molecular flexibility index (Phi) is 4.47. The molecule has 0 saturated heterocycles. The highest BCUT2D eigenvalue weighted by Gasteiger charge is 2.43. The Bertz CT molecular complexity index is 1100. The van der Waals surface area contributed by atoms with E-state index in [-0.39, 0.29) is 23.9 Å². The molecule has 2 unspecified atom stereocenters. The largest absolute Gasteiger partial charge is 0.365 e. The molecule has 0 bridgehead atoms. The van der Waals surface area contributed by atoms with Crippen molar-refractivity contribution >= 4 is 40.1 Å². The number of fused-ring (bicyclic) bond motifs is 2. The Hall–Kier alpha value is -2.92. The fourth-order valence-corrected chi connectivity index (χ4v) is 4.76. The summed E-state index contributed by atoms with van der Waals surface area (Å²) in [4.78, 5) is 32.1. The van der Waals surface area contributed by atoms with E-state index in [0.29, 0.717) is 22.0 Å². The number of hydrogen-bond acceptors (Lipinski definition) is 4. The first-order valence-corrected chi connectivity index (χ1v) is 10.3. The second-order valence-electron chi connectivity index (χ2n) is 7.63. The first kappa shape index (κ1) is 18.1. The molecule has 146 valence electrons. The lowest BCUT2D eigenvalue weighted by atomic mass is 9.89. The molecule has 2 atom stereocenters. The van der Waals surface area contributed by atoms with Gasteiger partial charge < -0.3 is 5.32 Å². The topological polar surface area (TPSA) is 62.3 Å². The van der Waals surface area contributed by atoms with Crippen LogP contribution in [0.5, 0.6) is 0 Å². The van der Waals surface area contributed by atoms with E-state index in [2.05, 4.69) is 10.3 Å². The molecule has 2 aliphatic rings. The number of carbonyl (C=O) groups is 2. The van der Waals surface area contributed by atoms with Crippen LogP contribution in [-0.4, -0.2) is 33.8 Å². The van der Waals surface area contributed by atoms with E-state index >= 15 is 0 Å². The average molecular weight is 406 g/mol. The third-order valence-corrected chi connectivity index (χ3v) is 6.20. The maximum atomic E-state index is 13.0. The Morgan fingerprint density at radius 3 is 2.34 bits per heavy atom. The number of para-hydroxylation sites is 1. The van der Waals surface area contributed by atoms with Crippen molar-refractivity contribution in [1.82, 2.24) is 9.88 Å². The van der Waals surface area contributed by atoms with Crippen molar-refractivity contribution in [2.75, 3.05) is 5.32 Å². The first-order valence-electron chi connectivity index (χ1n) is 9.92. The van der Waals surface area contributed by atoms with Crippen LogP contribution in [0.15, 0.2) is 54.6 Å². The van der Waals surface area contributed by atoms with Crippen molar-refractivity contribution in [3.05, 3.63) is 70.7 Å². The van der Waals surface area contributed by atoms with Gasteiger partial charge in [-0.1, -0.05) is 54.8 Å². The highest BCUT2D eigenvalue weighted by molar-refractivity contribution is 6.35. The molecule has 1 aliphatic heterocycles. The molecule has 1 fully saturated rings. The van der Waals surface area contributed by atoms with Crippen LogP contribution in [0.25, 0.3) is 10.9 Å². The molecule has 2 heterocycles. The summed E-state index contributed by atoms with van der Waals surface area (Å²) >= 11 is 6.45. The van der Waals surface area contributed by atoms with Crippen LogP contribution < -0.4 is 5.32 Å². The number of nitrogens with zero attached hydrogens (tertiary/aromatic N) is 2. The minimum absolute atomic E-state index is 0.0595. The molecule has 1 aromatic heterocycles. The highest BCUT2D eigenvalue weighted by atomic mass is 35.5. The van der Waals surface area contributed by atoms with Crippen LogP contribution in [0.1, 0.15) is 46.4 Å². The molecule has 2 aromatic carbocycles. The number of halogens is 1. The third kappa shape index (κ3) is 3.06. The molecule has 0 radical (unpaired) electrons. The molecule has 5 rings (SSSR count). The summed E-state index contributed by atoms with van der Waals surface area (Å²) in [6, 6.07) is 16.3. The summed E-state index contributed by atoms with van der Waals surface area (Å²) in [6.07, 6.45) is 3.68. The number of nitrogens with one attached hydrogen (secondary N) is 1. The van der Waals surface area contributed by atoms with Crippen molar-refractivity contribution in [2.24, 2.45) is 0 Å². The summed E-state index contributed by atoms with van der Waals surface area (Å²) in [5, 5.41) is 5.00. The van der Waals surface area contributed by atoms with Crippen LogP contribution in [0.4, 0.5) is 5.82 Å². The van der Waals surface area contributed by atoms with Crippen molar-refractivity contribution in [1.29, 1.82) is 0 Å². The Balaban J connectivity index is 1.46. The lowest BCUT2D eigenvalue weighted by Gasteiger charge is -2.37. The summed E-state index contributed by atoms with van der Waals surface area (Å²) in [5.41, 5.74) is 1.80. The summed E-state index contributed by atoms with van der Waals surface area (Å²) in [7, 11) is 0. The van der Waals surface area contributed by atoms with Gasteiger partial charge in [0.1, 0.15) is 5.82 Å². The first-order chi connectivity index (χ1) is 14.1. The van der Waals surface area contributed by atoms with E-state index in [9.17, 15) is 9.59 Å². The normalized spacial score (nSPS) is 21.5. The van der Waals surface area contributed by atoms with Gasteiger partial charge in [-0.05, 0) is 37.1 Å². The fraction of sp³-hybridized carbons (Fsp3) is 0.261. The smallest absolute Gasteiger partial charge is 0.261 e. The van der Waals surface area contributed by atoms with Crippen LogP contribution in [-0.2, 0) is 0 Å². The quantitative estimate of drug-likeness (QED) is 0.629. The average Bonchev–Trinajstić information content (AvgIpc) is 2.99. The van der Waals surface area contributed by atoms with E-state index in [1.165, 1.54) is 4.90 Å². The monoisotopic (exact) mass is 405 g/mol. The highest BCUT2D eigenvalue weighted by Crippen LogP contribution is 2.33. The standard InChI is InChI=1S/C23H20ClN3O2/c24-17-13-21(25-18-10-4-3-9-16(17)18)26-19-11-5-6-12-20(19)27-22(28)14-7-1-2-8-15(14)23(27)29/h1-4,7-10,13,19-20H,5-6,11-12H2,(H,25,26). The van der Waals surface area contributed by atoms with E-state index in [1.807, 2.05) is 30.3 Å². The molecule has 1 N–H and O–H groups in total. The molecule has 6 heteroatoms. The van der Waals surface area contributed by atoms with Crippen molar-refractivity contribution in [2.45, 2.75) is 37.8 Å². The van der Waals surface area contributed by atoms with Gasteiger partial charge >= 0.3 is 0 Å². The van der Waals surface area contributed by atoms with Crippen molar-refractivity contribution in [3.8, 4) is 0 Å². The van der Waals surface area contributed by atoms with Gasteiger partial charge in [0, 0.05) is 11.4 Å². The molecule has 3 aromatic rings. The maximum absolute atomic E-state index is 13.0. The molecule has 1 aliphatic carbocycles. The van der Waals surface area contributed by atoms with E-state index in [0.717, 1.165) is 36.6 Å². The van der Waals surface area contributed by atoms with Gasteiger partial charge in [-0.2, -0.15) is 0 Å². The number of benzene rings is 2. The predicted octanol–water partition coefficient (Wildman–Crippen LogP) is 4.91. The molecule has 0 spiro atoms. The zero-order chi connectivity index (χ0) is 20.0. The summed E-state index contributed by atoms with van der Waals surface area (Å²) in [6.45, 7) is 0. The fourth-order valence-electron chi connectivity index (χ4n) is 4.49. The number of anilines is 1. The lowest BCUT2D eigenvalue weighted by molar-refractivity contribution is 0.0534. The molecule has 29 heavy (non-hydrogen) atoms. The number of rotatable bonds is 3. The van der Waals surface area contributed by atoms with Crippen LogP contribution in [0, 0.1) is 0 Å². The Morgan fingerprint density at radius 1 is 0.931 bits per heavy atom. The van der Waals surface area contributed by atoms with Crippen LogP contribution in [0.2, 0.25) is 5.02 Å². The molecule has 5 nitrogen and oxygen atoms in total. The number of hydrogen-bond donors (Lipinski definition) is 1. The zero-order valence-electron chi connectivity index (χ0n) is 15.8. The number of aromatic nitrogens is 1. The Labute approximate surface area is 173 Å². The van der Waals surface area contributed by atoms with Crippen molar-refractivity contribution in [3.63, 3.8) is 0 Å². The number of imide groups is 1. The van der Waals surface area contributed by atoms with E-state index < -0.39 is 0 Å². The van der Waals surface area contributed by atoms with E-state index in [1.54, 1.807) is 24.3 Å². The SMILES string of the molecule is O=C1c2ccccc2C(=O)N1C1CCCCC1Nc1cc(Cl)c2ccccc2n1. The van der Waals surface area contributed by atoms with Gasteiger partial charge in [-0.3, -0.25) is 14.5 Å². The van der Waals surface area contributed by atoms with Gasteiger partial charge in [-0.15, -0.1) is 0 Å². The van der Waals surface area contributed by atoms with E-state index in [4.69, 9.17) is 11.6 Å². The summed E-state index contributed by atoms with van der Waals surface area (Å²) in [5.74, 6) is 0.268. The van der Waals surface area contributed by atoms with Gasteiger partial charge in [0.05, 0.1) is 27.7 Å². The van der Waals surface area contributed by atoms with Gasteiger partial charge in [-0.25, -0.2) is 4.98 Å². The summed E-state index contributed by atoms with van der Waals surface area (Å²) < 4.78 is 0. The van der Waals surface area contributed by atoms with Gasteiger partial charge in [0.15, 0.2) is 0 Å². The number of carbonyl (C=O) groups excluding carboxylic acids is 2. The van der Waals surface area contributed by atoms with Crippen LogP contribution >= 0.6 is 11.6 Å². The number of amides is 2. The molecular formula is C23H20ClN3O2. The second kappa shape index (κ2) is 7.16. The van der Waals surface area contributed by atoms with Crippen LogP contribution in [0.3, 0.4) is 0 Å². The van der Waals surface area contributed by atoms with Gasteiger partial charge in [0.2, 0.25) is 0 Å². The Morgan fingerprint density at radius 2 is 1.59 bits per heavy atom. The third-order valence-electron chi connectivity index (χ3n) is 5.89. The van der Waals surface area contributed by atoms with Crippen molar-refractivity contribution < 1.29 is 9.59 Å². The maximum Gasteiger partial charge on any atom is 0.261 e. The second-order valence-corrected chi connectivity index (χ2v) is 8.04. The predicted molar refractivity (Wildman–Crippen MR) is 113 cm³/mol. The van der Waals surface area contributed by atoms with Gasteiger partial charge in [0.25, 0.3) is 11.8 Å². The minimum Gasteiger partial charge on any atom is -0.365 e. The molecular weight excluding hydrogens is 386 g/mol. The molecule has 2 amide bonds. The minimum atomic E-state index is -0.205. The lowest BCUT2D eigenvalue weighted by Crippen LogP contribution is -2.51.